The van der Waals surface area contributed by atoms with Gasteiger partial charge in [-0.2, -0.15) is 0 Å². The molecule has 2 amide bonds. The Morgan fingerprint density at radius 3 is 2.41 bits per heavy atom. The largest absolute Gasteiger partial charge is 0.379 e. The molecule has 2 atom stereocenters. The predicted molar refractivity (Wildman–Crippen MR) is 148 cm³/mol. The van der Waals surface area contributed by atoms with Crippen LogP contribution in [0.15, 0.2) is 24.3 Å². The van der Waals surface area contributed by atoms with Gasteiger partial charge in [0.05, 0.1) is 18.1 Å². The lowest BCUT2D eigenvalue weighted by molar-refractivity contribution is -0.143. The number of amides is 2. The number of ether oxygens (including phenoxy) is 1. The number of hydrogen-bond acceptors (Lipinski definition) is 4. The second kappa shape index (κ2) is 13.2. The number of carbonyl (C=O) groups excluding carboxylic acids is 2. The van der Waals surface area contributed by atoms with Crippen molar-refractivity contribution in [2.75, 3.05) is 32.8 Å². The summed E-state index contributed by atoms with van der Waals surface area (Å²) in [7, 11) is 0. The van der Waals surface area contributed by atoms with E-state index in [2.05, 4.69) is 55.3 Å². The molecule has 1 N–H and O–H groups in total. The van der Waals surface area contributed by atoms with Crippen LogP contribution in [-0.2, 0) is 27.3 Å². The van der Waals surface area contributed by atoms with Crippen molar-refractivity contribution in [3.8, 4) is 0 Å². The van der Waals surface area contributed by atoms with Crippen molar-refractivity contribution in [2.24, 2.45) is 11.3 Å². The van der Waals surface area contributed by atoms with Gasteiger partial charge in [-0.3, -0.25) is 14.5 Å². The zero-order valence-corrected chi connectivity index (χ0v) is 23.5. The molecule has 1 aromatic carbocycles. The first-order valence-electron chi connectivity index (χ1n) is 14.9. The molecule has 206 valence electrons. The molecule has 0 saturated carbocycles. The molecule has 37 heavy (non-hydrogen) atoms. The van der Waals surface area contributed by atoms with Crippen molar-refractivity contribution in [1.82, 2.24) is 15.1 Å². The number of carbonyl (C=O) groups is 2. The summed E-state index contributed by atoms with van der Waals surface area (Å²) in [6.45, 7) is 11.4. The van der Waals surface area contributed by atoms with Crippen molar-refractivity contribution in [3.05, 3.63) is 35.4 Å². The molecule has 4 rings (SSSR count). The number of nitrogens with one attached hydrogen (secondary N) is 1. The first-order valence-corrected chi connectivity index (χ1v) is 14.9. The molecule has 0 aromatic heterocycles. The number of fused-ring (bicyclic) bond motifs is 1. The zero-order valence-electron chi connectivity index (χ0n) is 23.5. The van der Waals surface area contributed by atoms with Crippen LogP contribution in [0, 0.1) is 11.3 Å². The van der Waals surface area contributed by atoms with E-state index in [1.165, 1.54) is 11.1 Å². The van der Waals surface area contributed by atoms with Crippen LogP contribution in [0.3, 0.4) is 0 Å². The van der Waals surface area contributed by atoms with Gasteiger partial charge in [-0.15, -0.1) is 0 Å². The first-order chi connectivity index (χ1) is 17.9. The topological polar surface area (TPSA) is 61.9 Å². The summed E-state index contributed by atoms with van der Waals surface area (Å²) in [4.78, 5) is 32.2. The number of benzene rings is 1. The molecule has 3 aliphatic rings. The Hall–Kier alpha value is -1.92. The molecular formula is C31H49N3O3. The third kappa shape index (κ3) is 7.35. The highest BCUT2D eigenvalue weighted by Crippen LogP contribution is 2.38. The molecule has 3 aliphatic heterocycles. The smallest absolute Gasteiger partial charge is 0.245 e. The minimum atomic E-state index is -0.442. The van der Waals surface area contributed by atoms with Gasteiger partial charge in [0.2, 0.25) is 11.8 Å². The van der Waals surface area contributed by atoms with Gasteiger partial charge in [-0.1, -0.05) is 57.9 Å². The Kier molecular flexibility index (Phi) is 10.1. The third-order valence-corrected chi connectivity index (χ3v) is 8.86. The van der Waals surface area contributed by atoms with Crippen LogP contribution in [0.5, 0.6) is 0 Å². The Labute approximate surface area is 224 Å². The summed E-state index contributed by atoms with van der Waals surface area (Å²) in [6.07, 6.45) is 9.52. The summed E-state index contributed by atoms with van der Waals surface area (Å²) in [6, 6.07) is 8.65. The fourth-order valence-electron chi connectivity index (χ4n) is 6.44. The number of aryl methyl sites for hydroxylation is 1. The Morgan fingerprint density at radius 2 is 1.70 bits per heavy atom. The highest BCUT2D eigenvalue weighted by molar-refractivity contribution is 5.90. The van der Waals surface area contributed by atoms with Gasteiger partial charge in [0.15, 0.2) is 0 Å². The summed E-state index contributed by atoms with van der Waals surface area (Å²) in [5, 5.41) is 3.31. The van der Waals surface area contributed by atoms with E-state index in [0.29, 0.717) is 18.9 Å². The molecule has 1 aromatic rings. The van der Waals surface area contributed by atoms with Gasteiger partial charge < -0.3 is 15.0 Å². The van der Waals surface area contributed by atoms with Crippen LogP contribution in [0.4, 0.5) is 0 Å². The Bertz CT molecular complexity index is 876. The van der Waals surface area contributed by atoms with Gasteiger partial charge in [0.1, 0.15) is 6.04 Å². The monoisotopic (exact) mass is 511 g/mol. The fourth-order valence-corrected chi connectivity index (χ4v) is 6.44. The average molecular weight is 512 g/mol. The quantitative estimate of drug-likeness (QED) is 0.608. The van der Waals surface area contributed by atoms with Gasteiger partial charge >= 0.3 is 0 Å². The van der Waals surface area contributed by atoms with Crippen molar-refractivity contribution >= 4 is 11.8 Å². The lowest BCUT2D eigenvalue weighted by Gasteiger charge is -2.42. The molecule has 1 spiro atoms. The molecule has 0 unspecified atom stereocenters. The lowest BCUT2D eigenvalue weighted by atomic mass is 9.73. The van der Waals surface area contributed by atoms with Crippen LogP contribution in [0.1, 0.15) is 89.7 Å². The van der Waals surface area contributed by atoms with E-state index >= 15 is 0 Å². The molecule has 6 nitrogen and oxygen atoms in total. The van der Waals surface area contributed by atoms with Crippen LogP contribution < -0.4 is 5.32 Å². The molecule has 3 saturated heterocycles. The molecule has 6 heteroatoms. The van der Waals surface area contributed by atoms with Gasteiger partial charge in [-0.05, 0) is 81.5 Å². The highest BCUT2D eigenvalue weighted by atomic mass is 16.5. The summed E-state index contributed by atoms with van der Waals surface area (Å²) in [5.74, 6) is 0.540. The molecule has 3 fully saturated rings. The molecule has 0 radical (unpaired) electrons. The van der Waals surface area contributed by atoms with Crippen molar-refractivity contribution in [2.45, 2.75) is 104 Å². The maximum atomic E-state index is 14.0. The third-order valence-electron chi connectivity index (χ3n) is 8.86. The van der Waals surface area contributed by atoms with Crippen molar-refractivity contribution < 1.29 is 14.3 Å². The van der Waals surface area contributed by atoms with Crippen molar-refractivity contribution in [1.29, 1.82) is 0 Å². The SMILES string of the molecule is CCc1ccc(CN2CCC3(CCCCCOC[C@@H]4CCCN4C(=O)[C@H](CC(C)C)NC3=O)CC2)cc1. The summed E-state index contributed by atoms with van der Waals surface area (Å²) < 4.78 is 6.01. The second-order valence-corrected chi connectivity index (χ2v) is 12.1. The van der Waals surface area contributed by atoms with E-state index in [-0.39, 0.29) is 23.3 Å². The standard InChI is InChI=1S/C31H49N3O3/c1-4-25-10-12-26(13-11-25)22-33-18-15-31(16-19-33)14-6-5-7-20-37-23-27-9-8-17-34(27)29(35)28(21-24(2)3)32-30(31)36/h10-13,24,27-28H,4-9,14-23H2,1-3H3,(H,32,36)/t27-,28-/m0/s1. The van der Waals surface area contributed by atoms with Crippen LogP contribution >= 0.6 is 0 Å². The minimum absolute atomic E-state index is 0.0910. The van der Waals surface area contributed by atoms with E-state index in [1.54, 1.807) is 0 Å². The first kappa shape index (κ1) is 28.1. The zero-order chi connectivity index (χ0) is 26.3. The highest BCUT2D eigenvalue weighted by Gasteiger charge is 2.43. The van der Waals surface area contributed by atoms with E-state index in [1.807, 2.05) is 4.90 Å². The van der Waals surface area contributed by atoms with Crippen LogP contribution in [-0.4, -0.2) is 66.5 Å². The van der Waals surface area contributed by atoms with Crippen LogP contribution in [0.2, 0.25) is 0 Å². The van der Waals surface area contributed by atoms with E-state index in [0.717, 1.165) is 90.6 Å². The minimum Gasteiger partial charge on any atom is -0.379 e. The van der Waals surface area contributed by atoms with Crippen molar-refractivity contribution in [3.63, 3.8) is 0 Å². The molecular weight excluding hydrogens is 462 g/mol. The summed E-state index contributed by atoms with van der Waals surface area (Å²) >= 11 is 0. The van der Waals surface area contributed by atoms with E-state index < -0.39 is 6.04 Å². The number of hydrogen-bond donors (Lipinski definition) is 1. The van der Waals surface area contributed by atoms with E-state index in [9.17, 15) is 9.59 Å². The average Bonchev–Trinajstić information content (AvgIpc) is 3.36. The Balaban J connectivity index is 1.47. The number of piperidine rings is 1. The lowest BCUT2D eigenvalue weighted by Crippen LogP contribution is -2.56. The van der Waals surface area contributed by atoms with E-state index in [4.69, 9.17) is 4.74 Å². The molecule has 3 heterocycles. The Morgan fingerprint density at radius 1 is 0.973 bits per heavy atom. The predicted octanol–water partition coefficient (Wildman–Crippen LogP) is 4.94. The van der Waals surface area contributed by atoms with Gasteiger partial charge in [-0.25, -0.2) is 0 Å². The molecule has 0 bridgehead atoms. The van der Waals surface area contributed by atoms with Crippen LogP contribution in [0.25, 0.3) is 0 Å². The number of likely N-dealkylation sites (tertiary alicyclic amines) is 1. The second-order valence-electron chi connectivity index (χ2n) is 12.1. The van der Waals surface area contributed by atoms with Gasteiger partial charge in [0.25, 0.3) is 0 Å². The summed E-state index contributed by atoms with van der Waals surface area (Å²) in [5.41, 5.74) is 2.33. The molecule has 0 aliphatic carbocycles. The normalized spacial score (nSPS) is 26.2. The van der Waals surface area contributed by atoms with Gasteiger partial charge in [0, 0.05) is 19.7 Å². The number of rotatable bonds is 5. The fraction of sp³-hybridized carbons (Fsp3) is 0.742. The number of nitrogens with zero attached hydrogens (tertiary/aromatic N) is 2. The maximum absolute atomic E-state index is 14.0. The maximum Gasteiger partial charge on any atom is 0.245 e.